The molecule has 1 atom stereocenters. The number of benzene rings is 2. The maximum Gasteiger partial charge on any atom is 0.410 e. The number of carbonyl (C=O) groups is 1. The van der Waals surface area contributed by atoms with Crippen molar-refractivity contribution in [1.29, 1.82) is 0 Å². The van der Waals surface area contributed by atoms with Crippen LogP contribution in [0.3, 0.4) is 0 Å². The highest BCUT2D eigenvalue weighted by molar-refractivity contribution is 5.69. The Bertz CT molecular complexity index is 875. The Hall–Kier alpha value is -3.13. The van der Waals surface area contributed by atoms with Crippen molar-refractivity contribution in [1.82, 2.24) is 4.90 Å². The standard InChI is InChI=1S/C25H29NO4/c1-25(2,3)30-24(27)26-17-7-12-21(26)19-29-23-15-13-22(14-16-23)28-18-8-11-20-9-5-4-6-10-20/h4-6,9-10,13-16,21H,7,12,17-19H2,1-3H3. The van der Waals surface area contributed by atoms with E-state index in [-0.39, 0.29) is 12.1 Å². The summed E-state index contributed by atoms with van der Waals surface area (Å²) < 4.78 is 17.1. The molecule has 3 rings (SSSR count). The van der Waals surface area contributed by atoms with Gasteiger partial charge in [0.05, 0.1) is 6.04 Å². The Labute approximate surface area is 178 Å². The second-order valence-electron chi connectivity index (χ2n) is 8.21. The molecular weight excluding hydrogens is 378 g/mol. The van der Waals surface area contributed by atoms with Crippen LogP contribution in [0.4, 0.5) is 4.79 Å². The molecule has 2 aromatic rings. The quantitative estimate of drug-likeness (QED) is 0.662. The molecule has 1 aliphatic rings. The summed E-state index contributed by atoms with van der Waals surface area (Å²) in [5.41, 5.74) is 0.476. The number of amides is 1. The molecule has 1 saturated heterocycles. The summed E-state index contributed by atoms with van der Waals surface area (Å²) in [5, 5.41) is 0. The summed E-state index contributed by atoms with van der Waals surface area (Å²) in [6.45, 7) is 7.11. The van der Waals surface area contributed by atoms with Gasteiger partial charge in [-0.2, -0.15) is 0 Å². The highest BCUT2D eigenvalue weighted by atomic mass is 16.6. The predicted molar refractivity (Wildman–Crippen MR) is 117 cm³/mol. The molecule has 1 fully saturated rings. The fourth-order valence-corrected chi connectivity index (χ4v) is 3.17. The molecule has 1 heterocycles. The van der Waals surface area contributed by atoms with Crippen molar-refractivity contribution < 1.29 is 19.0 Å². The van der Waals surface area contributed by atoms with E-state index in [0.717, 1.165) is 29.9 Å². The number of nitrogens with zero attached hydrogens (tertiary/aromatic N) is 1. The van der Waals surface area contributed by atoms with Crippen LogP contribution in [0.5, 0.6) is 11.5 Å². The number of hydrogen-bond donors (Lipinski definition) is 0. The second kappa shape index (κ2) is 10.1. The van der Waals surface area contributed by atoms with E-state index in [0.29, 0.717) is 19.8 Å². The molecule has 30 heavy (non-hydrogen) atoms. The summed E-state index contributed by atoms with van der Waals surface area (Å²) in [6, 6.07) is 17.3. The van der Waals surface area contributed by atoms with Crippen molar-refractivity contribution in [2.24, 2.45) is 0 Å². The zero-order chi connectivity index (χ0) is 21.4. The van der Waals surface area contributed by atoms with Crippen LogP contribution in [0.1, 0.15) is 39.2 Å². The first-order valence-electron chi connectivity index (χ1n) is 10.3. The molecule has 0 aromatic heterocycles. The Balaban J connectivity index is 1.45. The number of hydrogen-bond acceptors (Lipinski definition) is 4. The van der Waals surface area contributed by atoms with Gasteiger partial charge in [-0.25, -0.2) is 4.79 Å². The van der Waals surface area contributed by atoms with E-state index < -0.39 is 5.60 Å². The molecule has 5 nitrogen and oxygen atoms in total. The first-order chi connectivity index (χ1) is 14.4. The molecule has 0 bridgehead atoms. The third kappa shape index (κ3) is 6.73. The largest absolute Gasteiger partial charge is 0.491 e. The third-order valence-corrected chi connectivity index (χ3v) is 4.59. The number of ether oxygens (including phenoxy) is 3. The van der Waals surface area contributed by atoms with Gasteiger partial charge in [-0.3, -0.25) is 0 Å². The summed E-state index contributed by atoms with van der Waals surface area (Å²) in [4.78, 5) is 14.1. The van der Waals surface area contributed by atoms with Crippen LogP contribution in [-0.2, 0) is 4.74 Å². The molecule has 0 spiro atoms. The van der Waals surface area contributed by atoms with Crippen LogP contribution in [0.15, 0.2) is 54.6 Å². The molecule has 0 radical (unpaired) electrons. The molecule has 0 saturated carbocycles. The van der Waals surface area contributed by atoms with E-state index >= 15 is 0 Å². The zero-order valence-corrected chi connectivity index (χ0v) is 17.9. The highest BCUT2D eigenvalue weighted by Crippen LogP contribution is 2.23. The Kier molecular flexibility index (Phi) is 7.24. The van der Waals surface area contributed by atoms with Gasteiger partial charge in [-0.15, -0.1) is 0 Å². The van der Waals surface area contributed by atoms with Gasteiger partial charge in [0.25, 0.3) is 0 Å². The van der Waals surface area contributed by atoms with E-state index in [1.165, 1.54) is 0 Å². The average Bonchev–Trinajstić information content (AvgIpc) is 3.19. The van der Waals surface area contributed by atoms with Crippen LogP contribution >= 0.6 is 0 Å². The van der Waals surface area contributed by atoms with Gasteiger partial charge in [-0.1, -0.05) is 30.0 Å². The normalized spacial score (nSPS) is 15.8. The van der Waals surface area contributed by atoms with E-state index in [1.54, 1.807) is 4.90 Å². The Morgan fingerprint density at radius 2 is 1.70 bits per heavy atom. The smallest absolute Gasteiger partial charge is 0.410 e. The van der Waals surface area contributed by atoms with Crippen LogP contribution in [0.2, 0.25) is 0 Å². The number of carbonyl (C=O) groups excluding carboxylic acids is 1. The summed E-state index contributed by atoms with van der Waals surface area (Å²) in [7, 11) is 0. The number of likely N-dealkylation sites (tertiary alicyclic amines) is 1. The van der Waals surface area contributed by atoms with Crippen molar-refractivity contribution in [2.75, 3.05) is 19.8 Å². The van der Waals surface area contributed by atoms with Crippen molar-refractivity contribution in [2.45, 2.75) is 45.3 Å². The minimum absolute atomic E-state index is 0.0315. The number of rotatable bonds is 5. The third-order valence-electron chi connectivity index (χ3n) is 4.59. The fraction of sp³-hybridized carbons (Fsp3) is 0.400. The molecule has 0 N–H and O–H groups in total. The van der Waals surface area contributed by atoms with Crippen LogP contribution in [0, 0.1) is 11.8 Å². The first kappa shape index (κ1) is 21.6. The van der Waals surface area contributed by atoms with Gasteiger partial charge in [-0.05, 0) is 70.0 Å². The molecule has 1 amide bonds. The van der Waals surface area contributed by atoms with Crippen molar-refractivity contribution in [3.63, 3.8) is 0 Å². The lowest BCUT2D eigenvalue weighted by Gasteiger charge is -2.28. The monoisotopic (exact) mass is 407 g/mol. The van der Waals surface area contributed by atoms with E-state index in [4.69, 9.17) is 14.2 Å². The SMILES string of the molecule is CC(C)(C)OC(=O)N1CCCC1COc1ccc(OCC#Cc2ccccc2)cc1. The van der Waals surface area contributed by atoms with E-state index in [9.17, 15) is 4.79 Å². The average molecular weight is 408 g/mol. The fourth-order valence-electron chi connectivity index (χ4n) is 3.17. The minimum atomic E-state index is -0.494. The van der Waals surface area contributed by atoms with Crippen molar-refractivity contribution in [3.8, 4) is 23.3 Å². The van der Waals surface area contributed by atoms with Gasteiger partial charge in [0, 0.05) is 12.1 Å². The van der Waals surface area contributed by atoms with Gasteiger partial charge >= 0.3 is 6.09 Å². The van der Waals surface area contributed by atoms with E-state index in [2.05, 4.69) is 11.8 Å². The topological polar surface area (TPSA) is 48.0 Å². The van der Waals surface area contributed by atoms with Crippen LogP contribution in [0.25, 0.3) is 0 Å². The highest BCUT2D eigenvalue weighted by Gasteiger charge is 2.32. The molecule has 5 heteroatoms. The first-order valence-corrected chi connectivity index (χ1v) is 10.3. The molecule has 1 unspecified atom stereocenters. The van der Waals surface area contributed by atoms with Gasteiger partial charge < -0.3 is 19.1 Å². The van der Waals surface area contributed by atoms with Gasteiger partial charge in [0.1, 0.15) is 30.3 Å². The maximum atomic E-state index is 12.4. The van der Waals surface area contributed by atoms with Crippen LogP contribution < -0.4 is 9.47 Å². The van der Waals surface area contributed by atoms with Crippen LogP contribution in [-0.4, -0.2) is 42.4 Å². The molecular formula is C25H29NO4. The minimum Gasteiger partial charge on any atom is -0.491 e. The summed E-state index contributed by atoms with van der Waals surface area (Å²) in [5.74, 6) is 7.55. The summed E-state index contributed by atoms with van der Waals surface area (Å²) >= 11 is 0. The lowest BCUT2D eigenvalue weighted by molar-refractivity contribution is 0.0187. The molecule has 0 aliphatic carbocycles. The lowest BCUT2D eigenvalue weighted by atomic mass is 10.2. The van der Waals surface area contributed by atoms with Gasteiger partial charge in [0.2, 0.25) is 0 Å². The van der Waals surface area contributed by atoms with Gasteiger partial charge in [0.15, 0.2) is 0 Å². The van der Waals surface area contributed by atoms with Crippen molar-refractivity contribution in [3.05, 3.63) is 60.2 Å². The molecule has 1 aliphatic heterocycles. The van der Waals surface area contributed by atoms with E-state index in [1.807, 2.05) is 75.4 Å². The zero-order valence-electron chi connectivity index (χ0n) is 17.9. The van der Waals surface area contributed by atoms with Crippen molar-refractivity contribution >= 4 is 6.09 Å². The lowest BCUT2D eigenvalue weighted by Crippen LogP contribution is -2.42. The maximum absolute atomic E-state index is 12.4. The summed E-state index contributed by atoms with van der Waals surface area (Å²) in [6.07, 6.45) is 1.61. The Morgan fingerprint density at radius 1 is 1.03 bits per heavy atom. The molecule has 158 valence electrons. The Morgan fingerprint density at radius 3 is 2.37 bits per heavy atom. The second-order valence-corrected chi connectivity index (χ2v) is 8.21. The predicted octanol–water partition coefficient (Wildman–Crippen LogP) is 4.90. The molecule has 2 aromatic carbocycles.